The first-order valence-corrected chi connectivity index (χ1v) is 8.20. The standard InChI is InChI=1S/C17H26N4O/c1-12(2)10-20-8-7-13(11-20)16-9-19-14-5-3-4-6-15(14)21(16)17(18)22/h3-6,12-13,16,19H,7-11H2,1-2H3,(H2,18,22). The summed E-state index contributed by atoms with van der Waals surface area (Å²) in [5.41, 5.74) is 7.61. The second-order valence-electron chi connectivity index (χ2n) is 6.88. The second-order valence-corrected chi connectivity index (χ2v) is 6.88. The van der Waals surface area contributed by atoms with Crippen molar-refractivity contribution >= 4 is 17.4 Å². The highest BCUT2D eigenvalue weighted by Gasteiger charge is 2.38. The lowest BCUT2D eigenvalue weighted by atomic mass is 9.94. The van der Waals surface area contributed by atoms with Gasteiger partial charge in [-0.05, 0) is 36.9 Å². The number of urea groups is 1. The van der Waals surface area contributed by atoms with Gasteiger partial charge in [0, 0.05) is 19.6 Å². The second kappa shape index (κ2) is 6.16. The number of carbonyl (C=O) groups is 1. The fourth-order valence-electron chi connectivity index (χ4n) is 3.84. The minimum absolute atomic E-state index is 0.143. The Bertz CT molecular complexity index is 545. The van der Waals surface area contributed by atoms with Crippen LogP contribution in [0.4, 0.5) is 16.2 Å². The highest BCUT2D eigenvalue weighted by molar-refractivity contribution is 5.96. The van der Waals surface area contributed by atoms with Crippen molar-refractivity contribution in [2.45, 2.75) is 26.3 Å². The lowest BCUT2D eigenvalue weighted by Gasteiger charge is -2.40. The first kappa shape index (κ1) is 15.2. The number of nitrogens with two attached hydrogens (primary N) is 1. The van der Waals surface area contributed by atoms with Gasteiger partial charge in [-0.2, -0.15) is 0 Å². The number of hydrogen-bond acceptors (Lipinski definition) is 3. The van der Waals surface area contributed by atoms with Gasteiger partial charge in [0.15, 0.2) is 0 Å². The first-order chi connectivity index (χ1) is 10.6. The van der Waals surface area contributed by atoms with Crippen LogP contribution in [0.3, 0.4) is 0 Å². The van der Waals surface area contributed by atoms with E-state index in [4.69, 9.17) is 5.73 Å². The maximum Gasteiger partial charge on any atom is 0.319 e. The number of likely N-dealkylation sites (tertiary alicyclic amines) is 1. The van der Waals surface area contributed by atoms with Crippen molar-refractivity contribution in [1.82, 2.24) is 4.90 Å². The van der Waals surface area contributed by atoms with E-state index in [1.54, 1.807) is 4.90 Å². The Morgan fingerprint density at radius 3 is 2.91 bits per heavy atom. The lowest BCUT2D eigenvalue weighted by Crippen LogP contribution is -2.54. The van der Waals surface area contributed by atoms with Crippen molar-refractivity contribution in [2.24, 2.45) is 17.6 Å². The molecule has 0 saturated carbocycles. The van der Waals surface area contributed by atoms with Gasteiger partial charge in [-0.1, -0.05) is 26.0 Å². The zero-order chi connectivity index (χ0) is 15.7. The van der Waals surface area contributed by atoms with Gasteiger partial charge < -0.3 is 16.0 Å². The van der Waals surface area contributed by atoms with E-state index in [-0.39, 0.29) is 12.1 Å². The van der Waals surface area contributed by atoms with Gasteiger partial charge >= 0.3 is 6.03 Å². The molecule has 22 heavy (non-hydrogen) atoms. The third-order valence-electron chi connectivity index (χ3n) is 4.71. The van der Waals surface area contributed by atoms with Crippen molar-refractivity contribution in [3.05, 3.63) is 24.3 Å². The molecule has 1 aromatic carbocycles. The molecule has 2 heterocycles. The molecule has 2 aliphatic rings. The summed E-state index contributed by atoms with van der Waals surface area (Å²) < 4.78 is 0. The minimum atomic E-state index is -0.346. The van der Waals surface area contributed by atoms with Crippen molar-refractivity contribution in [3.8, 4) is 0 Å². The summed E-state index contributed by atoms with van der Waals surface area (Å²) in [5, 5.41) is 3.46. The molecule has 0 aliphatic carbocycles. The number of nitrogens with one attached hydrogen (secondary N) is 1. The Balaban J connectivity index is 1.78. The molecule has 2 unspecified atom stereocenters. The number of amides is 2. The number of hydrogen-bond donors (Lipinski definition) is 2. The summed E-state index contributed by atoms with van der Waals surface area (Å²) in [5.74, 6) is 1.16. The Labute approximate surface area is 132 Å². The number of fused-ring (bicyclic) bond motifs is 1. The van der Waals surface area contributed by atoms with E-state index in [0.29, 0.717) is 11.8 Å². The highest BCUT2D eigenvalue weighted by atomic mass is 16.2. The number of para-hydroxylation sites is 2. The van der Waals surface area contributed by atoms with Crippen LogP contribution in [0, 0.1) is 11.8 Å². The first-order valence-electron chi connectivity index (χ1n) is 8.20. The van der Waals surface area contributed by atoms with Gasteiger partial charge in [-0.15, -0.1) is 0 Å². The quantitative estimate of drug-likeness (QED) is 0.901. The fourth-order valence-corrected chi connectivity index (χ4v) is 3.84. The molecule has 5 heteroatoms. The molecule has 2 aliphatic heterocycles. The van der Waals surface area contributed by atoms with Crippen molar-refractivity contribution in [2.75, 3.05) is 36.4 Å². The monoisotopic (exact) mass is 302 g/mol. The van der Waals surface area contributed by atoms with Crippen LogP contribution in [0.25, 0.3) is 0 Å². The Hall–Kier alpha value is -1.75. The number of nitrogens with zero attached hydrogens (tertiary/aromatic N) is 2. The Morgan fingerprint density at radius 1 is 1.41 bits per heavy atom. The van der Waals surface area contributed by atoms with E-state index in [9.17, 15) is 4.79 Å². The van der Waals surface area contributed by atoms with E-state index < -0.39 is 0 Å². The molecule has 0 radical (unpaired) electrons. The molecule has 0 bridgehead atoms. The summed E-state index contributed by atoms with van der Waals surface area (Å²) in [4.78, 5) is 16.4. The average molecular weight is 302 g/mol. The number of rotatable bonds is 3. The van der Waals surface area contributed by atoms with Crippen LogP contribution in [0.1, 0.15) is 20.3 Å². The smallest absolute Gasteiger partial charge is 0.319 e. The van der Waals surface area contributed by atoms with Gasteiger partial charge in [0.1, 0.15) is 0 Å². The summed E-state index contributed by atoms with van der Waals surface area (Å²) in [6, 6.07) is 7.70. The Morgan fingerprint density at radius 2 is 2.18 bits per heavy atom. The molecular formula is C17H26N4O. The molecule has 120 valence electrons. The maximum absolute atomic E-state index is 12.1. The number of anilines is 2. The molecule has 2 amide bonds. The van der Waals surface area contributed by atoms with Gasteiger partial charge in [-0.3, -0.25) is 4.90 Å². The molecule has 0 aromatic heterocycles. The predicted octanol–water partition coefficient (Wildman–Crippen LogP) is 2.34. The predicted molar refractivity (Wildman–Crippen MR) is 90.2 cm³/mol. The average Bonchev–Trinajstić information content (AvgIpc) is 2.93. The van der Waals surface area contributed by atoms with Crippen LogP contribution in [-0.2, 0) is 0 Å². The van der Waals surface area contributed by atoms with Crippen molar-refractivity contribution in [1.29, 1.82) is 0 Å². The molecule has 2 atom stereocenters. The van der Waals surface area contributed by atoms with Crippen LogP contribution in [0.15, 0.2) is 24.3 Å². The topological polar surface area (TPSA) is 61.6 Å². The van der Waals surface area contributed by atoms with Gasteiger partial charge in [0.2, 0.25) is 0 Å². The molecule has 5 nitrogen and oxygen atoms in total. The fraction of sp³-hybridized carbons (Fsp3) is 0.588. The molecular weight excluding hydrogens is 276 g/mol. The van der Waals surface area contributed by atoms with E-state index in [0.717, 1.165) is 44.0 Å². The molecule has 1 fully saturated rings. The normalized spacial score (nSPS) is 25.1. The summed E-state index contributed by atoms with van der Waals surface area (Å²) in [6.07, 6.45) is 1.13. The summed E-state index contributed by atoms with van der Waals surface area (Å²) >= 11 is 0. The third kappa shape index (κ3) is 2.90. The largest absolute Gasteiger partial charge is 0.381 e. The van der Waals surface area contributed by atoms with E-state index >= 15 is 0 Å². The Kier molecular flexibility index (Phi) is 4.25. The maximum atomic E-state index is 12.1. The van der Waals surface area contributed by atoms with Crippen molar-refractivity contribution in [3.63, 3.8) is 0 Å². The molecule has 3 N–H and O–H groups in total. The SMILES string of the molecule is CC(C)CN1CCC(C2CNc3ccccc3N2C(N)=O)C1. The number of benzene rings is 1. The molecule has 1 aromatic rings. The van der Waals surface area contributed by atoms with Gasteiger partial charge in [0.25, 0.3) is 0 Å². The minimum Gasteiger partial charge on any atom is -0.381 e. The number of carbonyl (C=O) groups excluding carboxylic acids is 1. The van der Waals surface area contributed by atoms with Gasteiger partial charge in [0.05, 0.1) is 17.4 Å². The van der Waals surface area contributed by atoms with Crippen LogP contribution < -0.4 is 16.0 Å². The van der Waals surface area contributed by atoms with E-state index in [1.807, 2.05) is 24.3 Å². The van der Waals surface area contributed by atoms with E-state index in [1.165, 1.54) is 0 Å². The lowest BCUT2D eigenvalue weighted by molar-refractivity contribution is 0.246. The van der Waals surface area contributed by atoms with E-state index in [2.05, 4.69) is 24.1 Å². The van der Waals surface area contributed by atoms with Gasteiger partial charge in [-0.25, -0.2) is 4.79 Å². The summed E-state index contributed by atoms with van der Waals surface area (Å²) in [6.45, 7) is 8.58. The molecule has 3 rings (SSSR count). The zero-order valence-corrected chi connectivity index (χ0v) is 13.5. The third-order valence-corrected chi connectivity index (χ3v) is 4.71. The van der Waals surface area contributed by atoms with Crippen LogP contribution >= 0.6 is 0 Å². The number of primary amides is 1. The molecule has 0 spiro atoms. The van der Waals surface area contributed by atoms with Crippen LogP contribution in [0.5, 0.6) is 0 Å². The zero-order valence-electron chi connectivity index (χ0n) is 13.5. The van der Waals surface area contributed by atoms with Crippen LogP contribution in [-0.4, -0.2) is 43.2 Å². The van der Waals surface area contributed by atoms with Crippen LogP contribution in [0.2, 0.25) is 0 Å². The highest BCUT2D eigenvalue weighted by Crippen LogP contribution is 2.35. The van der Waals surface area contributed by atoms with Crippen molar-refractivity contribution < 1.29 is 4.79 Å². The molecule has 1 saturated heterocycles. The summed E-state index contributed by atoms with van der Waals surface area (Å²) in [7, 11) is 0.